The zero-order valence-electron chi connectivity index (χ0n) is 13.0. The van der Waals surface area contributed by atoms with E-state index < -0.39 is 0 Å². The second kappa shape index (κ2) is 10.00. The average Bonchev–Trinajstić information content (AvgIpc) is 3.35. The van der Waals surface area contributed by atoms with Gasteiger partial charge in [0.1, 0.15) is 0 Å². The van der Waals surface area contributed by atoms with E-state index >= 15 is 0 Å². The lowest BCUT2D eigenvalue weighted by molar-refractivity contribution is 0.816. The van der Waals surface area contributed by atoms with E-state index in [4.69, 9.17) is 0 Å². The van der Waals surface area contributed by atoms with Gasteiger partial charge < -0.3 is 5.32 Å². The van der Waals surface area contributed by atoms with E-state index in [2.05, 4.69) is 21.9 Å². The average molecular weight is 301 g/mol. The summed E-state index contributed by atoms with van der Waals surface area (Å²) in [7, 11) is 0. The topological polar surface area (TPSA) is 37.3 Å². The van der Waals surface area contributed by atoms with Crippen LogP contribution < -0.4 is 5.32 Å². The summed E-state index contributed by atoms with van der Waals surface area (Å²) in [6, 6.07) is 5.86. The van der Waals surface area contributed by atoms with Gasteiger partial charge >= 0.3 is 0 Å². The fraction of sp³-hybridized carbons (Fsp3) is 0.294. The lowest BCUT2D eigenvalue weighted by atomic mass is 10.3. The van der Waals surface area contributed by atoms with Crippen LogP contribution in [0.3, 0.4) is 0 Å². The third-order valence-corrected chi connectivity index (χ3v) is 3.42. The lowest BCUT2D eigenvalue weighted by Crippen LogP contribution is -2.17. The number of rotatable bonds is 5. The Labute approximate surface area is 132 Å². The van der Waals surface area contributed by atoms with Gasteiger partial charge in [-0.15, -0.1) is 11.8 Å². The number of hydrogen-bond acceptors (Lipinski definition) is 4. The van der Waals surface area contributed by atoms with Gasteiger partial charge in [-0.2, -0.15) is 0 Å². The molecule has 0 bridgehead atoms. The number of hydrogen-bond donors (Lipinski definition) is 1. The smallest absolute Gasteiger partial charge is 0.0598 e. The predicted molar refractivity (Wildman–Crippen MR) is 94.4 cm³/mol. The summed E-state index contributed by atoms with van der Waals surface area (Å²) in [5, 5.41) is 3.22. The number of thioether (sulfide) groups is 1. The monoisotopic (exact) mass is 301 g/mol. The van der Waals surface area contributed by atoms with Crippen molar-refractivity contribution in [2.24, 2.45) is 4.99 Å². The van der Waals surface area contributed by atoms with E-state index in [9.17, 15) is 0 Å². The molecule has 21 heavy (non-hydrogen) atoms. The highest BCUT2D eigenvalue weighted by molar-refractivity contribution is 8.11. The van der Waals surface area contributed by atoms with Gasteiger partial charge in [-0.3, -0.25) is 9.98 Å². The Morgan fingerprint density at radius 1 is 1.43 bits per heavy atom. The van der Waals surface area contributed by atoms with Crippen LogP contribution in [0.1, 0.15) is 26.5 Å². The molecule has 4 heteroatoms. The first-order valence-corrected chi connectivity index (χ1v) is 7.92. The fourth-order valence-corrected chi connectivity index (χ4v) is 1.48. The zero-order valence-corrected chi connectivity index (χ0v) is 13.8. The van der Waals surface area contributed by atoms with E-state index in [0.29, 0.717) is 6.54 Å². The van der Waals surface area contributed by atoms with Gasteiger partial charge in [0.15, 0.2) is 0 Å². The van der Waals surface area contributed by atoms with Crippen LogP contribution in [0.25, 0.3) is 0 Å². The Morgan fingerprint density at radius 3 is 2.67 bits per heavy atom. The SMILES string of the molecule is C/C=C\C.C=C(NCc1ccccn1)C(C)=N/C=C1\CS1. The molecular formula is C17H23N3S. The van der Waals surface area contributed by atoms with Crippen molar-refractivity contribution in [1.29, 1.82) is 0 Å². The second-order valence-corrected chi connectivity index (χ2v) is 5.52. The maximum Gasteiger partial charge on any atom is 0.0598 e. The van der Waals surface area contributed by atoms with Gasteiger partial charge in [0.05, 0.1) is 18.0 Å². The molecule has 0 unspecified atom stereocenters. The summed E-state index contributed by atoms with van der Waals surface area (Å²) in [6.45, 7) is 10.6. The lowest BCUT2D eigenvalue weighted by Gasteiger charge is -2.07. The maximum absolute atomic E-state index is 4.35. The molecule has 1 aromatic heterocycles. The van der Waals surface area contributed by atoms with E-state index in [1.54, 1.807) is 6.20 Å². The molecule has 0 aromatic carbocycles. The van der Waals surface area contributed by atoms with Crippen LogP contribution in [0.5, 0.6) is 0 Å². The number of nitrogens with zero attached hydrogens (tertiary/aromatic N) is 2. The van der Waals surface area contributed by atoms with Crippen LogP contribution in [0.15, 0.2) is 64.9 Å². The quantitative estimate of drug-likeness (QED) is 0.500. The van der Waals surface area contributed by atoms with Crippen molar-refractivity contribution < 1.29 is 0 Å². The molecule has 0 saturated carbocycles. The molecule has 1 aromatic rings. The minimum Gasteiger partial charge on any atom is -0.378 e. The Bertz CT molecular complexity index is 520. The molecule has 1 aliphatic rings. The molecule has 2 heterocycles. The van der Waals surface area contributed by atoms with E-state index in [1.807, 2.05) is 69.1 Å². The van der Waals surface area contributed by atoms with Crippen molar-refractivity contribution in [1.82, 2.24) is 10.3 Å². The highest BCUT2D eigenvalue weighted by Gasteiger charge is 2.10. The maximum atomic E-state index is 4.35. The highest BCUT2D eigenvalue weighted by Crippen LogP contribution is 2.34. The molecule has 112 valence electrons. The van der Waals surface area contributed by atoms with Gasteiger partial charge in [0.25, 0.3) is 0 Å². The van der Waals surface area contributed by atoms with Gasteiger partial charge in [-0.25, -0.2) is 0 Å². The molecule has 2 rings (SSSR count). The third-order valence-electron chi connectivity index (χ3n) is 2.69. The summed E-state index contributed by atoms with van der Waals surface area (Å²) >= 11 is 1.83. The Morgan fingerprint density at radius 2 is 2.14 bits per heavy atom. The molecule has 1 fully saturated rings. The van der Waals surface area contributed by atoms with Crippen LogP contribution in [0, 0.1) is 0 Å². The van der Waals surface area contributed by atoms with Crippen LogP contribution >= 0.6 is 11.8 Å². The number of nitrogens with one attached hydrogen (secondary N) is 1. The number of allylic oxidation sites excluding steroid dienone is 3. The minimum atomic E-state index is 0.678. The van der Waals surface area contributed by atoms with Crippen LogP contribution in [0.2, 0.25) is 0 Å². The predicted octanol–water partition coefficient (Wildman–Crippen LogP) is 4.32. The molecule has 0 radical (unpaired) electrons. The number of pyridine rings is 1. The fourth-order valence-electron chi connectivity index (χ4n) is 1.19. The molecule has 1 saturated heterocycles. The summed E-state index contributed by atoms with van der Waals surface area (Å²) in [5.41, 5.74) is 2.76. The van der Waals surface area contributed by atoms with Crippen LogP contribution in [0.4, 0.5) is 0 Å². The molecule has 0 atom stereocenters. The van der Waals surface area contributed by atoms with E-state index in [1.165, 1.54) is 4.91 Å². The molecule has 0 aliphatic carbocycles. The number of aliphatic imine (C=N–C) groups is 1. The summed E-state index contributed by atoms with van der Waals surface area (Å²) in [4.78, 5) is 9.92. The Kier molecular flexibility index (Phi) is 8.21. The van der Waals surface area contributed by atoms with Crippen molar-refractivity contribution in [2.45, 2.75) is 27.3 Å². The molecule has 0 spiro atoms. The van der Waals surface area contributed by atoms with Gasteiger partial charge in [0.2, 0.25) is 0 Å². The summed E-state index contributed by atoms with van der Waals surface area (Å²) in [5.74, 6) is 1.12. The van der Waals surface area contributed by atoms with Crippen LogP contribution in [-0.2, 0) is 6.54 Å². The summed E-state index contributed by atoms with van der Waals surface area (Å²) in [6.07, 6.45) is 7.70. The van der Waals surface area contributed by atoms with Crippen molar-refractivity contribution >= 4 is 17.5 Å². The number of aromatic nitrogens is 1. The third kappa shape index (κ3) is 8.15. The largest absolute Gasteiger partial charge is 0.378 e. The first-order chi connectivity index (χ1) is 10.2. The highest BCUT2D eigenvalue weighted by atomic mass is 32.2. The summed E-state index contributed by atoms with van der Waals surface area (Å²) < 4.78 is 0. The van der Waals surface area contributed by atoms with Crippen molar-refractivity contribution in [3.05, 3.63) is 65.6 Å². The molecule has 1 N–H and O–H groups in total. The van der Waals surface area contributed by atoms with Gasteiger partial charge in [0, 0.05) is 28.8 Å². The molecule has 1 aliphatic heterocycles. The van der Waals surface area contributed by atoms with Gasteiger partial charge in [-0.05, 0) is 32.9 Å². The van der Waals surface area contributed by atoms with Gasteiger partial charge in [-0.1, -0.05) is 24.8 Å². The first kappa shape index (κ1) is 17.2. The standard InChI is InChI=1S/C13H15N3S.C4H8/c1-10(11(2)16-8-13-9-17-13)15-7-12-5-3-4-6-14-12;1-3-4-2/h3-6,8,15H,1,7,9H2,2H3;3-4H,1-2H3/b13-8+,16-11?;4-3-. The second-order valence-electron chi connectivity index (χ2n) is 4.42. The molecule has 0 amide bonds. The first-order valence-electron chi connectivity index (χ1n) is 6.94. The zero-order chi connectivity index (χ0) is 15.5. The van der Waals surface area contributed by atoms with Crippen molar-refractivity contribution in [2.75, 3.05) is 5.75 Å². The van der Waals surface area contributed by atoms with Crippen molar-refractivity contribution in [3.8, 4) is 0 Å². The molecular weight excluding hydrogens is 278 g/mol. The normalized spacial score (nSPS) is 15.6. The van der Waals surface area contributed by atoms with E-state index in [0.717, 1.165) is 22.9 Å². The Balaban J connectivity index is 0.000000491. The van der Waals surface area contributed by atoms with Crippen LogP contribution in [-0.4, -0.2) is 16.4 Å². The molecule has 3 nitrogen and oxygen atoms in total. The Hall–Kier alpha value is -1.81. The van der Waals surface area contributed by atoms with Crippen molar-refractivity contribution in [3.63, 3.8) is 0 Å². The van der Waals surface area contributed by atoms with E-state index in [-0.39, 0.29) is 0 Å². The minimum absolute atomic E-state index is 0.678.